The second-order valence-corrected chi connectivity index (χ2v) is 15.2. The van der Waals surface area contributed by atoms with Gasteiger partial charge in [-0.2, -0.15) is 0 Å². The summed E-state index contributed by atoms with van der Waals surface area (Å²) in [5.74, 6) is -0.649. The second-order valence-electron chi connectivity index (χ2n) is 12.9. The third-order valence-corrected chi connectivity index (χ3v) is 9.78. The first-order valence-electron chi connectivity index (χ1n) is 17.0. The van der Waals surface area contributed by atoms with Gasteiger partial charge in [0.2, 0.25) is 0 Å². The summed E-state index contributed by atoms with van der Waals surface area (Å²) < 4.78 is 11.6. The highest BCUT2D eigenvalue weighted by Gasteiger charge is 2.39. The normalized spacial score (nSPS) is 19.2. The van der Waals surface area contributed by atoms with Gasteiger partial charge in [-0.1, -0.05) is 175 Å². The number of nitrogens with zero attached hydrogens (tertiary/aromatic N) is 1. The van der Waals surface area contributed by atoms with Gasteiger partial charge in [-0.3, -0.25) is 9.69 Å². The van der Waals surface area contributed by atoms with Gasteiger partial charge in [0.15, 0.2) is 6.29 Å². The summed E-state index contributed by atoms with van der Waals surface area (Å²) in [5, 5.41) is 12.4. The predicted molar refractivity (Wildman–Crippen MR) is 204 cm³/mol. The smallest absolute Gasteiger partial charge is 0.272 e. The quantitative estimate of drug-likeness (QED) is 0.125. The summed E-state index contributed by atoms with van der Waals surface area (Å²) in [7, 11) is 0. The number of nitrogens with one attached hydrogen (secondary N) is 1. The minimum absolute atomic E-state index is 0.0155. The lowest BCUT2D eigenvalue weighted by atomic mass is 9.89. The number of amides is 1. The van der Waals surface area contributed by atoms with Gasteiger partial charge in [0, 0.05) is 37.7 Å². The molecule has 0 aliphatic carbocycles. The Morgan fingerprint density at radius 1 is 0.725 bits per heavy atom. The van der Waals surface area contributed by atoms with E-state index in [0.29, 0.717) is 6.54 Å². The highest BCUT2D eigenvalue weighted by molar-refractivity contribution is 6.76. The van der Waals surface area contributed by atoms with Crippen LogP contribution >= 0.6 is 34.8 Å². The van der Waals surface area contributed by atoms with Crippen molar-refractivity contribution in [2.75, 3.05) is 6.54 Å². The Morgan fingerprint density at radius 2 is 1.29 bits per heavy atom. The summed E-state index contributed by atoms with van der Waals surface area (Å²) in [6.07, 6.45) is -1.00. The van der Waals surface area contributed by atoms with Crippen LogP contribution in [0.25, 0.3) is 11.1 Å². The molecule has 1 heterocycles. The maximum atomic E-state index is 12.2. The summed E-state index contributed by atoms with van der Waals surface area (Å²) in [6, 6.07) is 44.9. The lowest BCUT2D eigenvalue weighted by Crippen LogP contribution is -2.44. The second kappa shape index (κ2) is 17.2. The number of hydrogen-bond donors (Lipinski definition) is 2. The van der Waals surface area contributed by atoms with Crippen molar-refractivity contribution in [3.8, 4) is 11.1 Å². The maximum absolute atomic E-state index is 12.2. The molecule has 0 unspecified atom stereocenters. The van der Waals surface area contributed by atoms with E-state index in [-0.39, 0.29) is 31.3 Å². The molecule has 264 valence electrons. The molecule has 6 nitrogen and oxygen atoms in total. The first-order chi connectivity index (χ1) is 24.7. The number of rotatable bonds is 12. The largest absolute Gasteiger partial charge is 0.392 e. The van der Waals surface area contributed by atoms with Gasteiger partial charge in [0.1, 0.15) is 0 Å². The highest BCUT2D eigenvalue weighted by atomic mass is 35.6. The SMILES string of the molecule is C[C@H]1[C@@H](CN(Cc2ccccc2)Cc2ccccc2)O[C@@H](c2ccc(-c3ccccc3CNC(=O)C(Cl)(Cl)Cl)cc2)O[C@H]1c1ccc(CO)cc1. The molecular weight excluding hydrogens is 703 g/mol. The van der Waals surface area contributed by atoms with Crippen molar-refractivity contribution in [3.63, 3.8) is 0 Å². The number of benzene rings is 5. The van der Waals surface area contributed by atoms with Gasteiger partial charge in [0.05, 0.1) is 18.8 Å². The van der Waals surface area contributed by atoms with Crippen LogP contribution in [0, 0.1) is 5.92 Å². The Balaban J connectivity index is 1.27. The molecular formula is C42H41Cl3N2O4. The Hall–Kier alpha value is -3.72. The molecule has 0 radical (unpaired) electrons. The fraction of sp³-hybridized carbons (Fsp3) is 0.262. The number of alkyl halides is 3. The lowest BCUT2D eigenvalue weighted by molar-refractivity contribution is -0.276. The Morgan fingerprint density at radius 3 is 1.88 bits per heavy atom. The fourth-order valence-electron chi connectivity index (χ4n) is 6.50. The van der Waals surface area contributed by atoms with E-state index in [0.717, 1.165) is 46.5 Å². The van der Waals surface area contributed by atoms with Crippen molar-refractivity contribution >= 4 is 40.7 Å². The van der Waals surface area contributed by atoms with E-state index in [1.807, 2.05) is 84.9 Å². The van der Waals surface area contributed by atoms with E-state index in [2.05, 4.69) is 65.7 Å². The van der Waals surface area contributed by atoms with E-state index in [4.69, 9.17) is 44.3 Å². The van der Waals surface area contributed by atoms with Crippen molar-refractivity contribution in [1.82, 2.24) is 10.2 Å². The molecule has 2 N–H and O–H groups in total. The molecule has 51 heavy (non-hydrogen) atoms. The number of ether oxygens (including phenoxy) is 2. The summed E-state index contributed by atoms with van der Waals surface area (Å²) in [6.45, 7) is 4.63. The van der Waals surface area contributed by atoms with Gasteiger partial charge >= 0.3 is 0 Å². The monoisotopic (exact) mass is 742 g/mol. The minimum Gasteiger partial charge on any atom is -0.392 e. The number of carbonyl (C=O) groups is 1. The summed E-state index contributed by atoms with van der Waals surface area (Å²) in [5.41, 5.74) is 8.06. The molecule has 6 rings (SSSR count). The Kier molecular flexibility index (Phi) is 12.5. The molecule has 1 saturated heterocycles. The topological polar surface area (TPSA) is 71.0 Å². The third kappa shape index (κ3) is 9.79. The third-order valence-electron chi connectivity index (χ3n) is 9.27. The molecule has 1 amide bonds. The zero-order valence-electron chi connectivity index (χ0n) is 28.3. The molecule has 0 bridgehead atoms. The molecule has 1 aliphatic rings. The number of hydrogen-bond acceptors (Lipinski definition) is 5. The van der Waals surface area contributed by atoms with Crippen molar-refractivity contribution in [1.29, 1.82) is 0 Å². The van der Waals surface area contributed by atoms with Crippen molar-refractivity contribution in [3.05, 3.63) is 167 Å². The van der Waals surface area contributed by atoms with E-state index in [9.17, 15) is 9.90 Å². The van der Waals surface area contributed by atoms with E-state index in [1.54, 1.807) is 0 Å². The van der Waals surface area contributed by atoms with Crippen molar-refractivity contribution < 1.29 is 19.4 Å². The van der Waals surface area contributed by atoms with Gasteiger partial charge in [-0.15, -0.1) is 0 Å². The molecule has 1 aliphatic heterocycles. The molecule has 4 atom stereocenters. The molecule has 0 spiro atoms. The van der Waals surface area contributed by atoms with Crippen LogP contribution in [-0.4, -0.2) is 32.4 Å². The minimum atomic E-state index is -2.04. The summed E-state index contributed by atoms with van der Waals surface area (Å²) in [4.78, 5) is 14.7. The molecule has 0 saturated carbocycles. The molecule has 5 aromatic carbocycles. The zero-order valence-corrected chi connectivity index (χ0v) is 30.6. The summed E-state index contributed by atoms with van der Waals surface area (Å²) >= 11 is 17.3. The van der Waals surface area contributed by atoms with Gasteiger partial charge in [-0.25, -0.2) is 0 Å². The highest BCUT2D eigenvalue weighted by Crippen LogP contribution is 2.42. The first-order valence-corrected chi connectivity index (χ1v) is 18.2. The zero-order chi connectivity index (χ0) is 35.8. The number of aliphatic hydroxyl groups excluding tert-OH is 1. The molecule has 0 aromatic heterocycles. The predicted octanol–water partition coefficient (Wildman–Crippen LogP) is 9.33. The Bertz CT molecular complexity index is 1810. The van der Waals surface area contributed by atoms with Crippen LogP contribution in [0.4, 0.5) is 0 Å². The van der Waals surface area contributed by atoms with Crippen LogP contribution in [0.15, 0.2) is 133 Å². The van der Waals surface area contributed by atoms with E-state index >= 15 is 0 Å². The molecule has 5 aromatic rings. The number of halogens is 3. The number of carbonyl (C=O) groups excluding carboxylic acids is 1. The average molecular weight is 744 g/mol. The number of aliphatic hydroxyl groups is 1. The van der Waals surface area contributed by atoms with Crippen LogP contribution in [0.3, 0.4) is 0 Å². The van der Waals surface area contributed by atoms with E-state index in [1.165, 1.54) is 11.1 Å². The van der Waals surface area contributed by atoms with Crippen molar-refractivity contribution in [2.45, 2.75) is 55.5 Å². The average Bonchev–Trinajstić information content (AvgIpc) is 3.15. The van der Waals surface area contributed by atoms with Crippen LogP contribution in [-0.2, 0) is 40.5 Å². The van der Waals surface area contributed by atoms with E-state index < -0.39 is 16.0 Å². The first kappa shape index (κ1) is 37.1. The standard InChI is InChI=1S/C42H41Cl3N2O4/c1-29-38(27-47(25-30-10-4-2-5-11-30)26-31-12-6-3-7-13-31)50-40(51-39(29)34-18-16-32(28-48)17-19-34)35-22-20-33(21-23-35)37-15-9-8-14-36(37)24-46-41(49)42(43,44)45/h2-23,29,38-40,48H,24-28H2,1H3,(H,46,49)/t29-,38+,39+,40+/m0/s1. The van der Waals surface area contributed by atoms with Gasteiger partial charge in [-0.05, 0) is 38.9 Å². The fourth-order valence-corrected chi connectivity index (χ4v) is 6.70. The maximum Gasteiger partial charge on any atom is 0.272 e. The molecule has 9 heteroatoms. The van der Waals surface area contributed by atoms with Crippen molar-refractivity contribution in [2.24, 2.45) is 5.92 Å². The van der Waals surface area contributed by atoms with Crippen LogP contribution in [0.2, 0.25) is 0 Å². The van der Waals surface area contributed by atoms with Crippen LogP contribution in [0.1, 0.15) is 52.7 Å². The molecule has 1 fully saturated rings. The van der Waals surface area contributed by atoms with Gasteiger partial charge < -0.3 is 19.9 Å². The Labute approximate surface area is 314 Å². The van der Waals surface area contributed by atoms with Crippen LogP contribution < -0.4 is 5.32 Å². The van der Waals surface area contributed by atoms with Gasteiger partial charge in [0.25, 0.3) is 9.70 Å². The lowest BCUT2D eigenvalue weighted by Gasteiger charge is -2.43. The van der Waals surface area contributed by atoms with Crippen LogP contribution in [0.5, 0.6) is 0 Å².